The third kappa shape index (κ3) is 2.46. The van der Waals surface area contributed by atoms with Gasteiger partial charge in [-0.2, -0.15) is 0 Å². The highest BCUT2D eigenvalue weighted by Crippen LogP contribution is 2.22. The van der Waals surface area contributed by atoms with Gasteiger partial charge < -0.3 is 9.52 Å². The average molecular weight is 268 g/mol. The second-order valence-corrected chi connectivity index (χ2v) is 4.03. The van der Waals surface area contributed by atoms with Crippen LogP contribution >= 0.6 is 15.9 Å². The third-order valence-corrected chi connectivity index (χ3v) is 2.48. The Morgan fingerprint density at radius 3 is 3.00 bits per heavy atom. The van der Waals surface area contributed by atoms with Crippen molar-refractivity contribution in [2.75, 3.05) is 6.61 Å². The fourth-order valence-electron chi connectivity index (χ4n) is 1.29. The summed E-state index contributed by atoms with van der Waals surface area (Å²) in [6.07, 6.45) is 2.15. The van der Waals surface area contributed by atoms with Crippen LogP contribution in [-0.4, -0.2) is 16.7 Å². The number of hydrogen-bond acceptors (Lipinski definition) is 3. The number of aromatic nitrogens is 1. The van der Waals surface area contributed by atoms with E-state index in [9.17, 15) is 0 Å². The van der Waals surface area contributed by atoms with E-state index in [2.05, 4.69) is 20.9 Å². The minimum absolute atomic E-state index is 0.0765. The van der Waals surface area contributed by atoms with Gasteiger partial charge in [-0.15, -0.1) is 0 Å². The molecule has 0 unspecified atom stereocenters. The zero-order valence-electron chi connectivity index (χ0n) is 7.98. The van der Waals surface area contributed by atoms with Gasteiger partial charge in [-0.3, -0.25) is 0 Å². The summed E-state index contributed by atoms with van der Waals surface area (Å²) in [5.74, 6) is 1.28. The first-order chi connectivity index (χ1) is 7.29. The first-order valence-corrected chi connectivity index (χ1v) is 5.40. The number of aliphatic hydroxyl groups is 1. The number of nitrogens with zero attached hydrogens (tertiary/aromatic N) is 1. The van der Waals surface area contributed by atoms with Gasteiger partial charge in [0, 0.05) is 16.5 Å². The number of halogens is 1. The van der Waals surface area contributed by atoms with E-state index >= 15 is 0 Å². The molecule has 1 N–H and O–H groups in total. The molecule has 0 amide bonds. The van der Waals surface area contributed by atoms with E-state index < -0.39 is 0 Å². The molecule has 0 spiro atoms. The maximum atomic E-state index is 8.75. The minimum atomic E-state index is 0.0765. The molecule has 0 radical (unpaired) electrons. The quantitative estimate of drug-likeness (QED) is 0.930. The largest absolute Gasteiger partial charge is 0.441 e. The molecule has 3 nitrogen and oxygen atoms in total. The molecule has 0 saturated heterocycles. The molecule has 0 fully saturated rings. The second-order valence-electron chi connectivity index (χ2n) is 3.12. The molecule has 1 aromatic carbocycles. The normalized spacial score (nSPS) is 10.5. The number of benzene rings is 1. The molecule has 0 aliphatic carbocycles. The summed E-state index contributed by atoms with van der Waals surface area (Å²) < 4.78 is 6.46. The van der Waals surface area contributed by atoms with Crippen molar-refractivity contribution >= 4 is 15.9 Å². The Bertz CT molecular complexity index is 453. The molecule has 0 atom stereocenters. The molecule has 4 heteroatoms. The number of hydrogen-bond donors (Lipinski definition) is 1. The second kappa shape index (κ2) is 4.59. The SMILES string of the molecule is OCCc1cnc(-c2cccc(Br)c2)o1. The van der Waals surface area contributed by atoms with Crippen LogP contribution in [0.2, 0.25) is 0 Å². The van der Waals surface area contributed by atoms with Crippen LogP contribution in [0.5, 0.6) is 0 Å². The molecule has 0 saturated carbocycles. The van der Waals surface area contributed by atoms with Gasteiger partial charge in [0.15, 0.2) is 0 Å². The standard InChI is InChI=1S/C11H10BrNO2/c12-9-3-1-2-8(6-9)11-13-7-10(15-11)4-5-14/h1-3,6-7,14H,4-5H2. The van der Waals surface area contributed by atoms with Gasteiger partial charge in [0.25, 0.3) is 0 Å². The average Bonchev–Trinajstić information content (AvgIpc) is 2.67. The molecule has 15 heavy (non-hydrogen) atoms. The fourth-order valence-corrected chi connectivity index (χ4v) is 1.69. The maximum absolute atomic E-state index is 8.75. The van der Waals surface area contributed by atoms with Gasteiger partial charge >= 0.3 is 0 Å². The Kier molecular flexibility index (Phi) is 3.18. The Hall–Kier alpha value is -1.13. The van der Waals surface area contributed by atoms with Crippen molar-refractivity contribution < 1.29 is 9.52 Å². The highest BCUT2D eigenvalue weighted by molar-refractivity contribution is 9.10. The first kappa shape index (κ1) is 10.4. The Balaban J connectivity index is 2.29. The van der Waals surface area contributed by atoms with Gasteiger partial charge in [0.1, 0.15) is 5.76 Å². The minimum Gasteiger partial charge on any atom is -0.441 e. The lowest BCUT2D eigenvalue weighted by Gasteiger charge is -1.96. The monoisotopic (exact) mass is 267 g/mol. The molecule has 1 heterocycles. The number of oxazole rings is 1. The van der Waals surface area contributed by atoms with E-state index in [1.807, 2.05) is 24.3 Å². The fraction of sp³-hybridized carbons (Fsp3) is 0.182. The summed E-state index contributed by atoms with van der Waals surface area (Å²) in [6, 6.07) is 7.74. The lowest BCUT2D eigenvalue weighted by molar-refractivity contribution is 0.288. The summed E-state index contributed by atoms with van der Waals surface area (Å²) in [5.41, 5.74) is 0.925. The summed E-state index contributed by atoms with van der Waals surface area (Å²) >= 11 is 3.39. The van der Waals surface area contributed by atoms with Gasteiger partial charge in [0.2, 0.25) is 5.89 Å². The summed E-state index contributed by atoms with van der Waals surface area (Å²) in [7, 11) is 0. The highest BCUT2D eigenvalue weighted by atomic mass is 79.9. The summed E-state index contributed by atoms with van der Waals surface area (Å²) in [5, 5.41) is 8.75. The van der Waals surface area contributed by atoms with Crippen molar-refractivity contribution in [1.82, 2.24) is 4.98 Å². The van der Waals surface area contributed by atoms with Crippen molar-refractivity contribution in [3.8, 4) is 11.5 Å². The zero-order chi connectivity index (χ0) is 10.7. The van der Waals surface area contributed by atoms with E-state index in [1.54, 1.807) is 6.20 Å². The molecule has 2 rings (SSSR count). The number of aliphatic hydroxyl groups excluding tert-OH is 1. The van der Waals surface area contributed by atoms with E-state index in [-0.39, 0.29) is 6.61 Å². The van der Waals surface area contributed by atoms with Gasteiger partial charge in [-0.1, -0.05) is 22.0 Å². The molecule has 78 valence electrons. The van der Waals surface area contributed by atoms with E-state index in [0.29, 0.717) is 18.1 Å². The van der Waals surface area contributed by atoms with Crippen LogP contribution in [-0.2, 0) is 6.42 Å². The van der Waals surface area contributed by atoms with Crippen LogP contribution < -0.4 is 0 Å². The van der Waals surface area contributed by atoms with Crippen LogP contribution in [0.1, 0.15) is 5.76 Å². The Labute approximate surface area is 95.9 Å². The van der Waals surface area contributed by atoms with Gasteiger partial charge in [0.05, 0.1) is 12.8 Å². The van der Waals surface area contributed by atoms with Gasteiger partial charge in [-0.25, -0.2) is 4.98 Å². The van der Waals surface area contributed by atoms with Gasteiger partial charge in [-0.05, 0) is 18.2 Å². The predicted octanol–water partition coefficient (Wildman–Crippen LogP) is 2.64. The smallest absolute Gasteiger partial charge is 0.226 e. The molecule has 0 aliphatic rings. The highest BCUT2D eigenvalue weighted by Gasteiger charge is 2.06. The Morgan fingerprint density at radius 2 is 2.27 bits per heavy atom. The van der Waals surface area contributed by atoms with Crippen molar-refractivity contribution in [2.45, 2.75) is 6.42 Å². The lowest BCUT2D eigenvalue weighted by Crippen LogP contribution is -1.86. The van der Waals surface area contributed by atoms with Crippen molar-refractivity contribution in [3.63, 3.8) is 0 Å². The van der Waals surface area contributed by atoms with E-state index in [0.717, 1.165) is 10.0 Å². The van der Waals surface area contributed by atoms with Crippen LogP contribution in [0.15, 0.2) is 39.4 Å². The molecular formula is C11H10BrNO2. The zero-order valence-corrected chi connectivity index (χ0v) is 9.57. The molecule has 1 aromatic heterocycles. The van der Waals surface area contributed by atoms with E-state index in [4.69, 9.17) is 9.52 Å². The predicted molar refractivity (Wildman–Crippen MR) is 60.4 cm³/mol. The first-order valence-electron chi connectivity index (χ1n) is 4.61. The lowest BCUT2D eigenvalue weighted by atomic mass is 10.2. The van der Waals surface area contributed by atoms with Crippen LogP contribution in [0.25, 0.3) is 11.5 Å². The number of rotatable bonds is 3. The molecular weight excluding hydrogens is 258 g/mol. The molecule has 0 aliphatic heterocycles. The van der Waals surface area contributed by atoms with Crippen LogP contribution in [0.4, 0.5) is 0 Å². The summed E-state index contributed by atoms with van der Waals surface area (Å²) in [6.45, 7) is 0.0765. The van der Waals surface area contributed by atoms with Crippen LogP contribution in [0.3, 0.4) is 0 Å². The van der Waals surface area contributed by atoms with Crippen molar-refractivity contribution in [3.05, 3.63) is 40.7 Å². The summed E-state index contributed by atoms with van der Waals surface area (Å²) in [4.78, 5) is 4.15. The molecule has 0 bridgehead atoms. The van der Waals surface area contributed by atoms with Crippen molar-refractivity contribution in [2.24, 2.45) is 0 Å². The van der Waals surface area contributed by atoms with E-state index in [1.165, 1.54) is 0 Å². The van der Waals surface area contributed by atoms with Crippen LogP contribution in [0, 0.1) is 0 Å². The van der Waals surface area contributed by atoms with Crippen molar-refractivity contribution in [1.29, 1.82) is 0 Å². The third-order valence-electron chi connectivity index (χ3n) is 1.98. The topological polar surface area (TPSA) is 46.3 Å². The maximum Gasteiger partial charge on any atom is 0.226 e. The molecule has 2 aromatic rings. The Morgan fingerprint density at radius 1 is 1.40 bits per heavy atom.